The molecular formula is C16H11FO4. The van der Waals surface area contributed by atoms with Crippen LogP contribution in [0, 0.1) is 5.82 Å². The lowest BCUT2D eigenvalue weighted by atomic mass is 10.0. The Balaban J connectivity index is 2.13. The number of aromatic hydroxyl groups is 1. The molecule has 0 bridgehead atoms. The summed E-state index contributed by atoms with van der Waals surface area (Å²) in [7, 11) is 1.37. The van der Waals surface area contributed by atoms with Gasteiger partial charge in [0.2, 0.25) is 5.78 Å². The maximum atomic E-state index is 13.2. The minimum absolute atomic E-state index is 0.0511. The van der Waals surface area contributed by atoms with Gasteiger partial charge in [-0.3, -0.25) is 4.79 Å². The molecule has 106 valence electrons. The van der Waals surface area contributed by atoms with Crippen molar-refractivity contribution in [1.29, 1.82) is 0 Å². The number of rotatable bonds is 3. The Labute approximate surface area is 119 Å². The molecule has 0 radical (unpaired) electrons. The minimum atomic E-state index is -0.481. The number of ketones is 1. The Morgan fingerprint density at radius 1 is 1.19 bits per heavy atom. The third-order valence-corrected chi connectivity index (χ3v) is 3.21. The number of fused-ring (bicyclic) bond motifs is 1. The minimum Gasteiger partial charge on any atom is -0.508 e. The van der Waals surface area contributed by atoms with E-state index >= 15 is 0 Å². The summed E-state index contributed by atoms with van der Waals surface area (Å²) in [5.74, 6) is -0.606. The molecule has 0 aliphatic rings. The van der Waals surface area contributed by atoms with Gasteiger partial charge in [0.05, 0.1) is 18.2 Å². The van der Waals surface area contributed by atoms with Gasteiger partial charge in [0, 0.05) is 17.5 Å². The van der Waals surface area contributed by atoms with E-state index in [9.17, 15) is 14.3 Å². The topological polar surface area (TPSA) is 59.7 Å². The van der Waals surface area contributed by atoms with Crippen LogP contribution in [0.1, 0.15) is 15.9 Å². The highest BCUT2D eigenvalue weighted by Crippen LogP contribution is 2.29. The van der Waals surface area contributed by atoms with Crippen LogP contribution >= 0.6 is 0 Å². The number of phenolic OH excluding ortho intramolecular Hbond substituents is 1. The number of benzene rings is 2. The highest BCUT2D eigenvalue weighted by Gasteiger charge is 2.19. The molecule has 0 atom stereocenters. The molecular weight excluding hydrogens is 275 g/mol. The molecule has 1 N–H and O–H groups in total. The summed E-state index contributed by atoms with van der Waals surface area (Å²) in [5, 5.41) is 9.97. The van der Waals surface area contributed by atoms with Crippen molar-refractivity contribution in [2.75, 3.05) is 7.11 Å². The lowest BCUT2D eigenvalue weighted by Crippen LogP contribution is -2.03. The number of halogens is 1. The van der Waals surface area contributed by atoms with Gasteiger partial charge in [0.25, 0.3) is 0 Å². The molecule has 0 fully saturated rings. The van der Waals surface area contributed by atoms with E-state index in [1.54, 1.807) is 6.07 Å². The molecule has 3 rings (SSSR count). The lowest BCUT2D eigenvalue weighted by Gasteiger charge is -2.06. The van der Waals surface area contributed by atoms with Crippen molar-refractivity contribution in [2.45, 2.75) is 0 Å². The maximum Gasteiger partial charge on any atom is 0.200 e. The van der Waals surface area contributed by atoms with E-state index < -0.39 is 5.82 Å². The highest BCUT2D eigenvalue weighted by atomic mass is 19.1. The van der Waals surface area contributed by atoms with Gasteiger partial charge in [-0.05, 0) is 24.3 Å². The Morgan fingerprint density at radius 2 is 2.00 bits per heavy atom. The largest absolute Gasteiger partial charge is 0.508 e. The smallest absolute Gasteiger partial charge is 0.200 e. The molecule has 21 heavy (non-hydrogen) atoms. The standard InChI is InChI=1S/C16H11FO4/c1-20-14-6-9(17)2-4-12(14)16(19)13-8-21-15-7-10(18)3-5-11(13)15/h2-8,18H,1H3. The van der Waals surface area contributed by atoms with Gasteiger partial charge in [0.1, 0.15) is 29.2 Å². The summed E-state index contributed by atoms with van der Waals surface area (Å²) in [6.07, 6.45) is 1.31. The van der Waals surface area contributed by atoms with Crippen LogP contribution in [0.25, 0.3) is 11.0 Å². The average molecular weight is 286 g/mol. The number of hydrogen-bond donors (Lipinski definition) is 1. The molecule has 3 aromatic rings. The first-order valence-corrected chi connectivity index (χ1v) is 6.18. The van der Waals surface area contributed by atoms with Crippen LogP contribution in [0.2, 0.25) is 0 Å². The molecule has 0 saturated heterocycles. The van der Waals surface area contributed by atoms with E-state index in [4.69, 9.17) is 9.15 Å². The Kier molecular flexibility index (Phi) is 3.10. The van der Waals surface area contributed by atoms with Gasteiger partial charge in [-0.2, -0.15) is 0 Å². The number of methoxy groups -OCH3 is 1. The third-order valence-electron chi connectivity index (χ3n) is 3.21. The number of phenols is 1. The van der Waals surface area contributed by atoms with Gasteiger partial charge < -0.3 is 14.3 Å². The lowest BCUT2D eigenvalue weighted by molar-refractivity contribution is 0.103. The molecule has 1 heterocycles. The van der Waals surface area contributed by atoms with E-state index in [1.807, 2.05) is 0 Å². The van der Waals surface area contributed by atoms with Crippen LogP contribution in [-0.4, -0.2) is 18.0 Å². The van der Waals surface area contributed by atoms with E-state index in [1.165, 1.54) is 37.6 Å². The first-order valence-electron chi connectivity index (χ1n) is 6.18. The van der Waals surface area contributed by atoms with E-state index in [2.05, 4.69) is 0 Å². The van der Waals surface area contributed by atoms with Crippen molar-refractivity contribution in [2.24, 2.45) is 0 Å². The molecule has 0 spiro atoms. The predicted molar refractivity (Wildman–Crippen MR) is 74.3 cm³/mol. The summed E-state index contributed by atoms with van der Waals surface area (Å²) >= 11 is 0. The third kappa shape index (κ3) is 2.23. The van der Waals surface area contributed by atoms with E-state index in [0.29, 0.717) is 16.5 Å². The zero-order chi connectivity index (χ0) is 15.0. The van der Waals surface area contributed by atoms with Crippen LogP contribution in [0.3, 0.4) is 0 Å². The molecule has 0 saturated carbocycles. The molecule has 0 aliphatic carbocycles. The second-order valence-corrected chi connectivity index (χ2v) is 4.50. The zero-order valence-corrected chi connectivity index (χ0v) is 11.1. The van der Waals surface area contributed by atoms with Gasteiger partial charge in [-0.25, -0.2) is 4.39 Å². The summed E-state index contributed by atoms with van der Waals surface area (Å²) in [4.78, 5) is 12.6. The molecule has 0 unspecified atom stereocenters. The van der Waals surface area contributed by atoms with Crippen LogP contribution in [0.5, 0.6) is 11.5 Å². The fraction of sp³-hybridized carbons (Fsp3) is 0.0625. The first-order chi connectivity index (χ1) is 10.1. The summed E-state index contributed by atoms with van der Waals surface area (Å²) in [6, 6.07) is 8.21. The fourth-order valence-electron chi connectivity index (χ4n) is 2.19. The maximum absolute atomic E-state index is 13.2. The fourth-order valence-corrected chi connectivity index (χ4v) is 2.19. The highest BCUT2D eigenvalue weighted by molar-refractivity contribution is 6.17. The quantitative estimate of drug-likeness (QED) is 0.748. The number of carbonyl (C=O) groups is 1. The molecule has 4 nitrogen and oxygen atoms in total. The number of hydrogen-bond acceptors (Lipinski definition) is 4. The Bertz CT molecular complexity index is 835. The Morgan fingerprint density at radius 3 is 2.76 bits per heavy atom. The summed E-state index contributed by atoms with van der Waals surface area (Å²) in [5.41, 5.74) is 0.976. The average Bonchev–Trinajstić information content (AvgIpc) is 2.89. The first kappa shape index (κ1) is 13.2. The van der Waals surface area contributed by atoms with Crippen molar-refractivity contribution >= 4 is 16.8 Å². The molecule has 2 aromatic carbocycles. The monoisotopic (exact) mass is 286 g/mol. The number of ether oxygens (including phenoxy) is 1. The van der Waals surface area contributed by atoms with Gasteiger partial charge in [-0.15, -0.1) is 0 Å². The van der Waals surface area contributed by atoms with Crippen LogP contribution in [0.4, 0.5) is 4.39 Å². The molecule has 1 aromatic heterocycles. The van der Waals surface area contributed by atoms with Crippen LogP contribution in [0.15, 0.2) is 47.1 Å². The predicted octanol–water partition coefficient (Wildman–Crippen LogP) is 3.52. The van der Waals surface area contributed by atoms with Gasteiger partial charge in [0.15, 0.2) is 0 Å². The normalized spacial score (nSPS) is 10.8. The SMILES string of the molecule is COc1cc(F)ccc1C(=O)c1coc2cc(O)ccc12. The summed E-state index contributed by atoms with van der Waals surface area (Å²) < 4.78 is 23.5. The second-order valence-electron chi connectivity index (χ2n) is 4.50. The van der Waals surface area contributed by atoms with Crippen molar-refractivity contribution in [3.63, 3.8) is 0 Å². The molecule has 5 heteroatoms. The van der Waals surface area contributed by atoms with Crippen molar-refractivity contribution in [3.05, 3.63) is 59.6 Å². The van der Waals surface area contributed by atoms with Crippen molar-refractivity contribution in [3.8, 4) is 11.5 Å². The Hall–Kier alpha value is -2.82. The van der Waals surface area contributed by atoms with Crippen molar-refractivity contribution < 1.29 is 23.4 Å². The van der Waals surface area contributed by atoms with Gasteiger partial charge in [-0.1, -0.05) is 0 Å². The van der Waals surface area contributed by atoms with Crippen molar-refractivity contribution in [1.82, 2.24) is 0 Å². The van der Waals surface area contributed by atoms with Gasteiger partial charge >= 0.3 is 0 Å². The molecule has 0 amide bonds. The summed E-state index contributed by atoms with van der Waals surface area (Å²) in [6.45, 7) is 0. The zero-order valence-electron chi connectivity index (χ0n) is 11.1. The number of carbonyl (C=O) groups excluding carboxylic acids is 1. The molecule has 0 aliphatic heterocycles. The number of furan rings is 1. The van der Waals surface area contributed by atoms with Crippen LogP contribution < -0.4 is 4.74 Å². The van der Waals surface area contributed by atoms with E-state index in [-0.39, 0.29) is 22.8 Å². The second kappa shape index (κ2) is 4.94. The van der Waals surface area contributed by atoms with Crippen LogP contribution in [-0.2, 0) is 0 Å². The van der Waals surface area contributed by atoms with E-state index in [0.717, 1.165) is 6.07 Å².